The zero-order valence-electron chi connectivity index (χ0n) is 13.4. The van der Waals surface area contributed by atoms with E-state index in [4.69, 9.17) is 0 Å². The van der Waals surface area contributed by atoms with Crippen molar-refractivity contribution in [2.24, 2.45) is 5.92 Å². The van der Waals surface area contributed by atoms with Crippen molar-refractivity contribution in [1.82, 2.24) is 14.8 Å². The van der Waals surface area contributed by atoms with Crippen LogP contribution in [0.3, 0.4) is 0 Å². The first-order chi connectivity index (χ1) is 11.2. The molecule has 0 radical (unpaired) electrons. The summed E-state index contributed by atoms with van der Waals surface area (Å²) in [5.74, 6) is 0.974. The van der Waals surface area contributed by atoms with Gasteiger partial charge in [-0.05, 0) is 50.2 Å². The van der Waals surface area contributed by atoms with E-state index in [0.717, 1.165) is 38.9 Å². The minimum atomic E-state index is -0.287. The molecular weight excluding hydrogens is 290 g/mol. The molecule has 3 aliphatic rings. The molecule has 122 valence electrons. The fraction of sp³-hybridized carbons (Fsp3) is 0.611. The van der Waals surface area contributed by atoms with E-state index >= 15 is 0 Å². The molecule has 3 fully saturated rings. The van der Waals surface area contributed by atoms with Crippen molar-refractivity contribution in [1.29, 1.82) is 0 Å². The van der Waals surface area contributed by atoms with Gasteiger partial charge in [0.05, 0.1) is 12.0 Å². The average molecular weight is 313 g/mol. The van der Waals surface area contributed by atoms with Gasteiger partial charge >= 0.3 is 0 Å². The second-order valence-corrected chi connectivity index (χ2v) is 7.27. The van der Waals surface area contributed by atoms with E-state index in [2.05, 4.69) is 4.98 Å². The summed E-state index contributed by atoms with van der Waals surface area (Å²) in [5, 5.41) is 0. The van der Waals surface area contributed by atoms with Crippen LogP contribution in [0, 0.1) is 5.92 Å². The van der Waals surface area contributed by atoms with Crippen molar-refractivity contribution in [3.05, 3.63) is 30.1 Å². The highest BCUT2D eigenvalue weighted by Gasteiger charge is 2.50. The van der Waals surface area contributed by atoms with Crippen LogP contribution in [0.2, 0.25) is 0 Å². The first kappa shape index (κ1) is 14.7. The van der Waals surface area contributed by atoms with Gasteiger partial charge in [0.2, 0.25) is 5.91 Å². The summed E-state index contributed by atoms with van der Waals surface area (Å²) in [6, 6.07) is 3.53. The summed E-state index contributed by atoms with van der Waals surface area (Å²) in [5.41, 5.74) is 0.388. The van der Waals surface area contributed by atoms with Crippen molar-refractivity contribution in [2.45, 2.75) is 44.1 Å². The van der Waals surface area contributed by atoms with Gasteiger partial charge in [-0.25, -0.2) is 0 Å². The number of likely N-dealkylation sites (tertiary alicyclic amines) is 2. The van der Waals surface area contributed by atoms with E-state index < -0.39 is 0 Å². The minimum absolute atomic E-state index is 0.0492. The van der Waals surface area contributed by atoms with Crippen LogP contribution in [-0.4, -0.2) is 51.8 Å². The maximum atomic E-state index is 13.0. The van der Waals surface area contributed by atoms with Crippen LogP contribution in [0.5, 0.6) is 0 Å². The van der Waals surface area contributed by atoms with Gasteiger partial charge in [-0.15, -0.1) is 0 Å². The summed E-state index contributed by atoms with van der Waals surface area (Å²) >= 11 is 0. The molecule has 1 spiro atoms. The fourth-order valence-corrected chi connectivity index (χ4v) is 4.08. The van der Waals surface area contributed by atoms with Crippen LogP contribution in [0.25, 0.3) is 0 Å². The number of pyridine rings is 1. The summed E-state index contributed by atoms with van der Waals surface area (Å²) in [7, 11) is 0. The molecule has 3 heterocycles. The summed E-state index contributed by atoms with van der Waals surface area (Å²) < 4.78 is 0. The highest BCUT2D eigenvalue weighted by Crippen LogP contribution is 2.40. The minimum Gasteiger partial charge on any atom is -0.340 e. The Morgan fingerprint density at radius 1 is 1.26 bits per heavy atom. The number of hydrogen-bond donors (Lipinski definition) is 0. The lowest BCUT2D eigenvalue weighted by Crippen LogP contribution is -2.56. The molecular formula is C18H23N3O2. The molecule has 0 aromatic carbocycles. The van der Waals surface area contributed by atoms with Gasteiger partial charge < -0.3 is 9.80 Å². The maximum absolute atomic E-state index is 13.0. The molecule has 1 unspecified atom stereocenters. The molecule has 2 amide bonds. The van der Waals surface area contributed by atoms with Crippen molar-refractivity contribution >= 4 is 11.8 Å². The van der Waals surface area contributed by atoms with Gasteiger partial charge in [0.15, 0.2) is 0 Å². The highest BCUT2D eigenvalue weighted by molar-refractivity contribution is 5.95. The van der Waals surface area contributed by atoms with E-state index in [0.29, 0.717) is 17.9 Å². The Labute approximate surface area is 136 Å². The second kappa shape index (κ2) is 5.62. The SMILES string of the molecule is O=C1CC2(CCCCN2C(=O)c2ccncc2)CN1CC1CC1. The molecule has 2 saturated heterocycles. The van der Waals surface area contributed by atoms with Crippen LogP contribution in [0.1, 0.15) is 48.9 Å². The fourth-order valence-electron chi connectivity index (χ4n) is 4.08. The Hall–Kier alpha value is -1.91. The Kier molecular flexibility index (Phi) is 3.58. The quantitative estimate of drug-likeness (QED) is 0.858. The summed E-state index contributed by atoms with van der Waals surface area (Å²) in [4.78, 5) is 33.5. The number of rotatable bonds is 3. The highest BCUT2D eigenvalue weighted by atomic mass is 16.2. The molecule has 0 N–H and O–H groups in total. The lowest BCUT2D eigenvalue weighted by atomic mass is 9.85. The predicted octanol–water partition coefficient (Wildman–Crippen LogP) is 2.09. The number of hydrogen-bond acceptors (Lipinski definition) is 3. The van der Waals surface area contributed by atoms with Crippen LogP contribution >= 0.6 is 0 Å². The molecule has 2 aliphatic heterocycles. The second-order valence-electron chi connectivity index (χ2n) is 7.27. The largest absolute Gasteiger partial charge is 0.340 e. The third-order valence-corrected chi connectivity index (χ3v) is 5.51. The number of carbonyl (C=O) groups is 2. The molecule has 4 rings (SSSR count). The number of amides is 2. The van der Waals surface area contributed by atoms with Crippen LogP contribution in [-0.2, 0) is 4.79 Å². The molecule has 1 atom stereocenters. The Balaban J connectivity index is 1.58. The number of carbonyl (C=O) groups excluding carboxylic acids is 2. The van der Waals surface area contributed by atoms with Crippen molar-refractivity contribution in [2.75, 3.05) is 19.6 Å². The topological polar surface area (TPSA) is 53.5 Å². The molecule has 1 aromatic heterocycles. The lowest BCUT2D eigenvalue weighted by Gasteiger charge is -2.44. The van der Waals surface area contributed by atoms with Crippen molar-refractivity contribution < 1.29 is 9.59 Å². The van der Waals surface area contributed by atoms with Gasteiger partial charge in [0, 0.05) is 37.6 Å². The molecule has 23 heavy (non-hydrogen) atoms. The molecule has 1 aliphatic carbocycles. The van der Waals surface area contributed by atoms with E-state index in [1.165, 1.54) is 12.8 Å². The normalized spacial score (nSPS) is 27.7. The van der Waals surface area contributed by atoms with Gasteiger partial charge in [-0.3, -0.25) is 14.6 Å². The Bertz CT molecular complexity index is 614. The average Bonchev–Trinajstić information content (AvgIpc) is 3.33. The van der Waals surface area contributed by atoms with Gasteiger partial charge in [-0.1, -0.05) is 0 Å². The Morgan fingerprint density at radius 3 is 2.78 bits per heavy atom. The predicted molar refractivity (Wildman–Crippen MR) is 85.8 cm³/mol. The number of nitrogens with zero attached hydrogens (tertiary/aromatic N) is 3. The van der Waals surface area contributed by atoms with Crippen LogP contribution in [0.4, 0.5) is 0 Å². The first-order valence-electron chi connectivity index (χ1n) is 8.68. The summed E-state index contributed by atoms with van der Waals surface area (Å²) in [6.07, 6.45) is 9.37. The molecule has 0 bridgehead atoms. The van der Waals surface area contributed by atoms with E-state index in [-0.39, 0.29) is 17.4 Å². The maximum Gasteiger partial charge on any atom is 0.254 e. The molecule has 1 saturated carbocycles. The zero-order valence-corrected chi connectivity index (χ0v) is 13.4. The van der Waals surface area contributed by atoms with Crippen LogP contribution in [0.15, 0.2) is 24.5 Å². The third-order valence-electron chi connectivity index (χ3n) is 5.51. The van der Waals surface area contributed by atoms with Crippen molar-refractivity contribution in [3.63, 3.8) is 0 Å². The zero-order chi connectivity index (χ0) is 15.9. The Morgan fingerprint density at radius 2 is 2.04 bits per heavy atom. The lowest BCUT2D eigenvalue weighted by molar-refractivity contribution is -0.128. The van der Waals surface area contributed by atoms with Gasteiger partial charge in [0.1, 0.15) is 0 Å². The standard InChI is InChI=1S/C18H23N3O2/c22-16-11-18(13-20(16)12-14-3-4-14)7-1-2-10-21(18)17(23)15-5-8-19-9-6-15/h5-6,8-9,14H,1-4,7,10-13H2. The van der Waals surface area contributed by atoms with E-state index in [1.807, 2.05) is 9.80 Å². The number of piperidine rings is 1. The molecule has 1 aromatic rings. The van der Waals surface area contributed by atoms with Gasteiger partial charge in [0.25, 0.3) is 5.91 Å². The molecule has 5 heteroatoms. The molecule has 5 nitrogen and oxygen atoms in total. The summed E-state index contributed by atoms with van der Waals surface area (Å²) in [6.45, 7) is 2.36. The third kappa shape index (κ3) is 2.73. The number of aromatic nitrogens is 1. The van der Waals surface area contributed by atoms with Gasteiger partial charge in [-0.2, -0.15) is 0 Å². The van der Waals surface area contributed by atoms with Crippen LogP contribution < -0.4 is 0 Å². The van der Waals surface area contributed by atoms with E-state index in [1.54, 1.807) is 24.5 Å². The van der Waals surface area contributed by atoms with E-state index in [9.17, 15) is 9.59 Å². The smallest absolute Gasteiger partial charge is 0.254 e. The first-order valence-corrected chi connectivity index (χ1v) is 8.68. The van der Waals surface area contributed by atoms with Crippen molar-refractivity contribution in [3.8, 4) is 0 Å². The monoisotopic (exact) mass is 313 g/mol.